The largest absolute Gasteiger partial charge is 0.356 e. The Morgan fingerprint density at radius 3 is 2.82 bits per heavy atom. The molecule has 0 bridgehead atoms. The lowest BCUT2D eigenvalue weighted by atomic mass is 10.2. The van der Waals surface area contributed by atoms with E-state index in [-0.39, 0.29) is 29.3 Å². The van der Waals surface area contributed by atoms with E-state index >= 15 is 0 Å². The van der Waals surface area contributed by atoms with Crippen molar-refractivity contribution in [2.45, 2.75) is 19.4 Å². The molecule has 0 atom stereocenters. The highest BCUT2D eigenvalue weighted by molar-refractivity contribution is 8.18. The van der Waals surface area contributed by atoms with Crippen LogP contribution in [0.4, 0.5) is 9.18 Å². The number of amides is 3. The standard InChI is InChI=1S/C19H19FN4O3S/c20-15-5-2-1-4-14(15)12-16-18(26)24(19(27)28-16)10-6-17(25)22-7-3-9-23-11-8-21-13-23/h1-2,4-5,8,11-13H,3,6-7,9-10H2,(H,22,25). The van der Waals surface area contributed by atoms with Gasteiger partial charge in [0.1, 0.15) is 5.82 Å². The van der Waals surface area contributed by atoms with Crippen LogP contribution in [-0.2, 0) is 16.1 Å². The number of imide groups is 1. The van der Waals surface area contributed by atoms with Gasteiger partial charge in [-0.15, -0.1) is 0 Å². The molecule has 0 radical (unpaired) electrons. The zero-order chi connectivity index (χ0) is 19.9. The number of benzene rings is 1. The first-order valence-corrected chi connectivity index (χ1v) is 9.58. The van der Waals surface area contributed by atoms with Crippen molar-refractivity contribution in [1.29, 1.82) is 0 Å². The van der Waals surface area contributed by atoms with Crippen molar-refractivity contribution in [2.24, 2.45) is 0 Å². The van der Waals surface area contributed by atoms with Crippen LogP contribution in [0.5, 0.6) is 0 Å². The number of carbonyl (C=O) groups is 3. The lowest BCUT2D eigenvalue weighted by Gasteiger charge is -2.12. The van der Waals surface area contributed by atoms with Crippen LogP contribution in [0.2, 0.25) is 0 Å². The van der Waals surface area contributed by atoms with E-state index < -0.39 is 17.0 Å². The molecule has 146 valence electrons. The SMILES string of the molecule is O=C(CCN1C(=O)SC(=Cc2ccccc2F)C1=O)NCCCn1ccnc1. The van der Waals surface area contributed by atoms with Crippen molar-refractivity contribution in [3.05, 3.63) is 59.3 Å². The summed E-state index contributed by atoms with van der Waals surface area (Å²) in [5.74, 6) is -1.21. The first kappa shape index (κ1) is 19.8. The Hall–Kier alpha value is -2.94. The minimum Gasteiger partial charge on any atom is -0.356 e. The summed E-state index contributed by atoms with van der Waals surface area (Å²) in [6, 6.07) is 6.01. The molecule has 0 aliphatic carbocycles. The molecule has 0 spiro atoms. The lowest BCUT2D eigenvalue weighted by Crippen LogP contribution is -2.34. The number of rotatable bonds is 8. The third-order valence-corrected chi connectivity index (χ3v) is 5.01. The monoisotopic (exact) mass is 402 g/mol. The van der Waals surface area contributed by atoms with Gasteiger partial charge in [-0.3, -0.25) is 19.3 Å². The summed E-state index contributed by atoms with van der Waals surface area (Å²) in [5.41, 5.74) is 0.239. The maximum atomic E-state index is 13.7. The van der Waals surface area contributed by atoms with E-state index in [1.807, 2.05) is 10.8 Å². The second kappa shape index (κ2) is 9.32. The van der Waals surface area contributed by atoms with E-state index in [0.29, 0.717) is 6.54 Å². The summed E-state index contributed by atoms with van der Waals surface area (Å²) in [4.78, 5) is 41.5. The van der Waals surface area contributed by atoms with Gasteiger partial charge in [-0.25, -0.2) is 9.37 Å². The van der Waals surface area contributed by atoms with E-state index in [2.05, 4.69) is 10.3 Å². The van der Waals surface area contributed by atoms with Gasteiger partial charge in [-0.2, -0.15) is 0 Å². The molecule has 1 saturated heterocycles. The number of nitrogens with one attached hydrogen (secondary N) is 1. The molecule has 3 rings (SSSR count). The number of aromatic nitrogens is 2. The maximum Gasteiger partial charge on any atom is 0.293 e. The van der Waals surface area contributed by atoms with Crippen LogP contribution >= 0.6 is 11.8 Å². The van der Waals surface area contributed by atoms with E-state index in [4.69, 9.17) is 0 Å². The third kappa shape index (κ3) is 5.07. The van der Waals surface area contributed by atoms with Crippen molar-refractivity contribution in [1.82, 2.24) is 19.8 Å². The molecule has 7 nitrogen and oxygen atoms in total. The zero-order valence-electron chi connectivity index (χ0n) is 15.0. The average molecular weight is 402 g/mol. The van der Waals surface area contributed by atoms with E-state index in [9.17, 15) is 18.8 Å². The Morgan fingerprint density at radius 1 is 1.25 bits per heavy atom. The molecule has 1 fully saturated rings. The van der Waals surface area contributed by atoms with Gasteiger partial charge in [0, 0.05) is 44.0 Å². The fourth-order valence-corrected chi connectivity index (χ4v) is 3.49. The first-order chi connectivity index (χ1) is 13.5. The minimum absolute atomic E-state index is 0.00731. The van der Waals surface area contributed by atoms with Crippen LogP contribution in [0.25, 0.3) is 6.08 Å². The Balaban J connectivity index is 1.46. The molecular weight excluding hydrogens is 383 g/mol. The Bertz CT molecular complexity index is 898. The van der Waals surface area contributed by atoms with Crippen LogP contribution in [0.15, 0.2) is 47.9 Å². The quantitative estimate of drug-likeness (QED) is 0.542. The molecule has 3 amide bonds. The van der Waals surface area contributed by atoms with Crippen LogP contribution < -0.4 is 5.32 Å². The molecule has 9 heteroatoms. The number of halogens is 1. The summed E-state index contributed by atoms with van der Waals surface area (Å²) in [6.45, 7) is 1.23. The zero-order valence-corrected chi connectivity index (χ0v) is 15.8. The first-order valence-electron chi connectivity index (χ1n) is 8.77. The van der Waals surface area contributed by atoms with E-state index in [1.54, 1.807) is 24.7 Å². The maximum absolute atomic E-state index is 13.7. The number of carbonyl (C=O) groups excluding carboxylic acids is 3. The molecule has 1 aromatic heterocycles. The summed E-state index contributed by atoms with van der Waals surface area (Å²) >= 11 is 0.748. The number of hydrogen-bond acceptors (Lipinski definition) is 5. The van der Waals surface area contributed by atoms with Gasteiger partial charge in [0.25, 0.3) is 11.1 Å². The second-order valence-electron chi connectivity index (χ2n) is 6.11. The van der Waals surface area contributed by atoms with Crippen LogP contribution in [-0.4, -0.2) is 44.6 Å². The number of nitrogens with zero attached hydrogens (tertiary/aromatic N) is 3. The minimum atomic E-state index is -0.508. The fourth-order valence-electron chi connectivity index (χ4n) is 2.64. The van der Waals surface area contributed by atoms with Gasteiger partial charge in [-0.1, -0.05) is 18.2 Å². The highest BCUT2D eigenvalue weighted by Crippen LogP contribution is 2.32. The molecule has 2 heterocycles. The predicted molar refractivity (Wildman–Crippen MR) is 104 cm³/mol. The third-order valence-electron chi connectivity index (χ3n) is 4.10. The molecular formula is C19H19FN4O3S. The van der Waals surface area contributed by atoms with E-state index in [0.717, 1.165) is 29.6 Å². The Morgan fingerprint density at radius 2 is 2.07 bits per heavy atom. The summed E-state index contributed by atoms with van der Waals surface area (Å²) in [7, 11) is 0. The van der Waals surface area contributed by atoms with Gasteiger partial charge >= 0.3 is 0 Å². The highest BCUT2D eigenvalue weighted by Gasteiger charge is 2.35. The van der Waals surface area contributed by atoms with Crippen molar-refractivity contribution in [3.63, 3.8) is 0 Å². The molecule has 1 aliphatic rings. The van der Waals surface area contributed by atoms with Crippen LogP contribution in [0, 0.1) is 5.82 Å². The smallest absolute Gasteiger partial charge is 0.293 e. The fraction of sp³-hybridized carbons (Fsp3) is 0.263. The summed E-state index contributed by atoms with van der Waals surface area (Å²) < 4.78 is 15.6. The predicted octanol–water partition coefficient (Wildman–Crippen LogP) is 2.66. The lowest BCUT2D eigenvalue weighted by molar-refractivity contribution is -0.124. The van der Waals surface area contributed by atoms with Gasteiger partial charge in [0.2, 0.25) is 5.91 Å². The van der Waals surface area contributed by atoms with Crippen molar-refractivity contribution < 1.29 is 18.8 Å². The van der Waals surface area contributed by atoms with Crippen molar-refractivity contribution in [3.8, 4) is 0 Å². The molecule has 1 aromatic carbocycles. The van der Waals surface area contributed by atoms with Crippen LogP contribution in [0.3, 0.4) is 0 Å². The number of imidazole rings is 1. The van der Waals surface area contributed by atoms with Crippen LogP contribution in [0.1, 0.15) is 18.4 Å². The van der Waals surface area contributed by atoms with Crippen molar-refractivity contribution >= 4 is 34.9 Å². The highest BCUT2D eigenvalue weighted by atomic mass is 32.2. The molecule has 1 N–H and O–H groups in total. The summed E-state index contributed by atoms with van der Waals surface area (Å²) in [5, 5.41) is 2.31. The molecule has 1 aliphatic heterocycles. The number of hydrogen-bond donors (Lipinski definition) is 1. The van der Waals surface area contributed by atoms with Gasteiger partial charge in [0.05, 0.1) is 11.2 Å². The van der Waals surface area contributed by atoms with E-state index in [1.165, 1.54) is 18.2 Å². The molecule has 28 heavy (non-hydrogen) atoms. The second-order valence-corrected chi connectivity index (χ2v) is 7.10. The Labute approximate surface area is 165 Å². The number of aryl methyl sites for hydroxylation is 1. The normalized spacial score (nSPS) is 15.5. The van der Waals surface area contributed by atoms with Crippen molar-refractivity contribution in [2.75, 3.05) is 13.1 Å². The van der Waals surface area contributed by atoms with Gasteiger partial charge < -0.3 is 9.88 Å². The number of thioether (sulfide) groups is 1. The average Bonchev–Trinajstić information content (AvgIpc) is 3.28. The van der Waals surface area contributed by atoms with Gasteiger partial charge in [0.15, 0.2) is 0 Å². The molecule has 2 aromatic rings. The molecule has 0 unspecified atom stereocenters. The Kier molecular flexibility index (Phi) is 6.59. The van der Waals surface area contributed by atoms with Gasteiger partial charge in [-0.05, 0) is 30.3 Å². The summed E-state index contributed by atoms with van der Waals surface area (Å²) in [6.07, 6.45) is 7.37. The topological polar surface area (TPSA) is 84.3 Å². The molecule has 0 saturated carbocycles.